The molecule has 1 saturated heterocycles. The summed E-state index contributed by atoms with van der Waals surface area (Å²) in [5, 5.41) is 0. The smallest absolute Gasteiger partial charge is 0.327 e. The number of alkyl halides is 3. The van der Waals surface area contributed by atoms with Crippen molar-refractivity contribution in [2.75, 3.05) is 12.8 Å². The third kappa shape index (κ3) is 4.25. The first kappa shape index (κ1) is 17.8. The van der Waals surface area contributed by atoms with E-state index in [9.17, 15) is 26.4 Å². The van der Waals surface area contributed by atoms with Gasteiger partial charge in [-0.3, -0.25) is 4.79 Å². The van der Waals surface area contributed by atoms with Gasteiger partial charge in [0.25, 0.3) is 5.91 Å². The summed E-state index contributed by atoms with van der Waals surface area (Å²) in [6.07, 6.45) is -1.92. The molecule has 4 nitrogen and oxygen atoms in total. The third-order valence-electron chi connectivity index (χ3n) is 3.92. The van der Waals surface area contributed by atoms with Gasteiger partial charge < -0.3 is 4.90 Å². The Hall–Kier alpha value is -1.57. The number of carbonyl (C=O) groups is 1. The number of hydrogen-bond acceptors (Lipinski definition) is 3. The second kappa shape index (κ2) is 6.51. The highest BCUT2D eigenvalue weighted by Crippen LogP contribution is 2.32. The van der Waals surface area contributed by atoms with E-state index in [1.54, 1.807) is 0 Å². The number of amides is 1. The van der Waals surface area contributed by atoms with Crippen molar-refractivity contribution in [2.24, 2.45) is 0 Å². The van der Waals surface area contributed by atoms with Gasteiger partial charge in [0.2, 0.25) is 0 Å². The summed E-state index contributed by atoms with van der Waals surface area (Å²) in [4.78, 5) is 13.3. The van der Waals surface area contributed by atoms with Crippen LogP contribution in [0.5, 0.6) is 0 Å². The van der Waals surface area contributed by atoms with Crippen LogP contribution >= 0.6 is 0 Å². The number of rotatable bonds is 2. The molecule has 0 saturated carbocycles. The fourth-order valence-electron chi connectivity index (χ4n) is 2.70. The number of halogens is 3. The van der Waals surface area contributed by atoms with E-state index in [0.29, 0.717) is 19.3 Å². The fourth-order valence-corrected chi connectivity index (χ4v) is 3.33. The molecule has 0 aromatic heterocycles. The van der Waals surface area contributed by atoms with Crippen LogP contribution in [0.15, 0.2) is 29.2 Å². The van der Waals surface area contributed by atoms with Crippen molar-refractivity contribution in [3.05, 3.63) is 29.8 Å². The Balaban J connectivity index is 2.29. The van der Waals surface area contributed by atoms with Gasteiger partial charge in [0, 0.05) is 18.4 Å². The van der Waals surface area contributed by atoms with Crippen LogP contribution in [0.25, 0.3) is 0 Å². The van der Waals surface area contributed by atoms with E-state index in [1.165, 1.54) is 24.3 Å². The molecule has 0 N–H and O–H groups in total. The predicted molar refractivity (Wildman–Crippen MR) is 78.9 cm³/mol. The van der Waals surface area contributed by atoms with E-state index < -0.39 is 28.0 Å². The number of likely N-dealkylation sites (tertiary alicyclic amines) is 1. The van der Waals surface area contributed by atoms with Crippen LogP contribution in [0.1, 0.15) is 36.0 Å². The molecule has 1 aliphatic rings. The topological polar surface area (TPSA) is 54.5 Å². The lowest BCUT2D eigenvalue weighted by atomic mass is 10.1. The van der Waals surface area contributed by atoms with E-state index in [-0.39, 0.29) is 23.4 Å². The second-order valence-electron chi connectivity index (χ2n) is 5.70. The van der Waals surface area contributed by atoms with Crippen LogP contribution < -0.4 is 0 Å². The standard InChI is InChI=1S/C15H18F3NO3S/c1-23(21,22)12-8-6-11(7-9-12)14(20)19-10-4-2-3-5-13(19)15(16,17)18/h6-9,13H,2-5,10H2,1H3. The van der Waals surface area contributed by atoms with Crippen LogP contribution in [0.3, 0.4) is 0 Å². The zero-order chi connectivity index (χ0) is 17.3. The molecule has 0 bridgehead atoms. The molecule has 1 atom stereocenters. The molecule has 0 radical (unpaired) electrons. The molecular weight excluding hydrogens is 331 g/mol. The normalized spacial score (nSPS) is 20.2. The number of nitrogens with zero attached hydrogens (tertiary/aromatic N) is 1. The van der Waals surface area contributed by atoms with Gasteiger partial charge in [-0.2, -0.15) is 13.2 Å². The molecule has 1 fully saturated rings. The average Bonchev–Trinajstić information content (AvgIpc) is 2.71. The molecule has 8 heteroatoms. The van der Waals surface area contributed by atoms with Crippen LogP contribution in [0.2, 0.25) is 0 Å². The van der Waals surface area contributed by atoms with Gasteiger partial charge in [-0.05, 0) is 37.1 Å². The minimum absolute atomic E-state index is 0.0253. The largest absolute Gasteiger partial charge is 0.408 e. The first-order valence-corrected chi connectivity index (χ1v) is 9.17. The van der Waals surface area contributed by atoms with Crippen molar-refractivity contribution in [3.8, 4) is 0 Å². The fraction of sp³-hybridized carbons (Fsp3) is 0.533. The summed E-state index contributed by atoms with van der Waals surface area (Å²) in [6.45, 7) is 0.0524. The maximum Gasteiger partial charge on any atom is 0.408 e. The molecule has 1 heterocycles. The minimum atomic E-state index is -4.47. The molecule has 1 aromatic rings. The Kier molecular flexibility index (Phi) is 5.03. The average molecular weight is 349 g/mol. The van der Waals surface area contributed by atoms with Crippen LogP contribution in [-0.4, -0.2) is 44.2 Å². The van der Waals surface area contributed by atoms with Gasteiger partial charge >= 0.3 is 6.18 Å². The van der Waals surface area contributed by atoms with Gasteiger partial charge in [-0.1, -0.05) is 12.8 Å². The summed E-state index contributed by atoms with van der Waals surface area (Å²) in [7, 11) is -3.41. The van der Waals surface area contributed by atoms with Crippen LogP contribution in [0.4, 0.5) is 13.2 Å². The predicted octanol–water partition coefficient (Wildman–Crippen LogP) is 3.04. The zero-order valence-electron chi connectivity index (χ0n) is 12.6. The van der Waals surface area contributed by atoms with Crippen molar-refractivity contribution in [1.29, 1.82) is 0 Å². The first-order chi connectivity index (χ1) is 10.6. The highest BCUT2D eigenvalue weighted by Gasteiger charge is 2.45. The molecule has 1 aromatic carbocycles. The molecular formula is C15H18F3NO3S. The monoisotopic (exact) mass is 349 g/mol. The molecule has 23 heavy (non-hydrogen) atoms. The lowest BCUT2D eigenvalue weighted by Crippen LogP contribution is -2.48. The Morgan fingerprint density at radius 1 is 1.13 bits per heavy atom. The molecule has 0 spiro atoms. The van der Waals surface area contributed by atoms with Crippen LogP contribution in [-0.2, 0) is 9.84 Å². The Bertz CT molecular complexity index is 668. The second-order valence-corrected chi connectivity index (χ2v) is 7.72. The summed E-state index contributed by atoms with van der Waals surface area (Å²) in [5.74, 6) is -0.714. The molecule has 128 valence electrons. The Morgan fingerprint density at radius 3 is 2.26 bits per heavy atom. The highest BCUT2D eigenvalue weighted by atomic mass is 32.2. The van der Waals surface area contributed by atoms with Crippen molar-refractivity contribution in [3.63, 3.8) is 0 Å². The molecule has 1 aliphatic heterocycles. The van der Waals surface area contributed by atoms with Crippen molar-refractivity contribution < 1.29 is 26.4 Å². The van der Waals surface area contributed by atoms with Gasteiger partial charge in [-0.15, -0.1) is 0 Å². The molecule has 2 rings (SSSR count). The van der Waals surface area contributed by atoms with Crippen molar-refractivity contribution in [2.45, 2.75) is 42.8 Å². The SMILES string of the molecule is CS(=O)(=O)c1ccc(C(=O)N2CCCCCC2C(F)(F)F)cc1. The lowest BCUT2D eigenvalue weighted by molar-refractivity contribution is -0.177. The highest BCUT2D eigenvalue weighted by molar-refractivity contribution is 7.90. The van der Waals surface area contributed by atoms with E-state index >= 15 is 0 Å². The Labute approximate surface area is 133 Å². The van der Waals surface area contributed by atoms with Gasteiger partial charge in [0.15, 0.2) is 9.84 Å². The van der Waals surface area contributed by atoms with Gasteiger partial charge in [0.1, 0.15) is 6.04 Å². The summed E-state index contributed by atoms with van der Waals surface area (Å²) in [5.41, 5.74) is 0.0635. The van der Waals surface area contributed by atoms with E-state index in [0.717, 1.165) is 11.2 Å². The first-order valence-electron chi connectivity index (χ1n) is 7.28. The van der Waals surface area contributed by atoms with Gasteiger partial charge in [0.05, 0.1) is 4.90 Å². The summed E-state index contributed by atoms with van der Waals surface area (Å²) < 4.78 is 62.4. The summed E-state index contributed by atoms with van der Waals surface area (Å²) >= 11 is 0. The third-order valence-corrected chi connectivity index (χ3v) is 5.05. The molecule has 1 unspecified atom stereocenters. The van der Waals surface area contributed by atoms with Gasteiger partial charge in [-0.25, -0.2) is 8.42 Å². The number of sulfone groups is 1. The molecule has 0 aliphatic carbocycles. The quantitative estimate of drug-likeness (QED) is 0.825. The molecule has 1 amide bonds. The lowest BCUT2D eigenvalue weighted by Gasteiger charge is -2.31. The summed E-state index contributed by atoms with van der Waals surface area (Å²) in [6, 6.07) is 3.21. The van der Waals surface area contributed by atoms with Crippen molar-refractivity contribution in [1.82, 2.24) is 4.90 Å². The van der Waals surface area contributed by atoms with Crippen molar-refractivity contribution >= 4 is 15.7 Å². The number of hydrogen-bond donors (Lipinski definition) is 0. The maximum absolute atomic E-state index is 13.2. The number of carbonyl (C=O) groups excluding carboxylic acids is 1. The maximum atomic E-state index is 13.2. The van der Waals surface area contributed by atoms with Crippen LogP contribution in [0, 0.1) is 0 Å². The number of benzene rings is 1. The zero-order valence-corrected chi connectivity index (χ0v) is 13.5. The van der Waals surface area contributed by atoms with E-state index in [2.05, 4.69) is 0 Å². The van der Waals surface area contributed by atoms with E-state index in [1.807, 2.05) is 0 Å². The minimum Gasteiger partial charge on any atom is -0.327 e. The van der Waals surface area contributed by atoms with E-state index in [4.69, 9.17) is 0 Å². The Morgan fingerprint density at radius 2 is 1.74 bits per heavy atom.